The Balaban J connectivity index is 1.59. The molecule has 0 saturated carbocycles. The van der Waals surface area contributed by atoms with Crippen LogP contribution >= 0.6 is 11.8 Å². The second-order valence-corrected chi connectivity index (χ2v) is 7.83. The normalized spacial score (nSPS) is 10.6. The maximum Gasteiger partial charge on any atom is 0.234 e. The molecule has 0 spiro atoms. The molecule has 0 atom stereocenters. The van der Waals surface area contributed by atoms with E-state index in [0.717, 1.165) is 5.69 Å². The molecular formula is C24H21FN4O3S. The van der Waals surface area contributed by atoms with Crippen LogP contribution in [0, 0.1) is 5.82 Å². The third-order valence-electron chi connectivity index (χ3n) is 4.78. The fourth-order valence-electron chi connectivity index (χ4n) is 3.15. The summed E-state index contributed by atoms with van der Waals surface area (Å²) in [5.74, 6) is 1.21. The number of carbonyl (C=O) groups excluding carboxylic acids is 1. The fourth-order valence-corrected chi connectivity index (χ4v) is 3.90. The number of halogens is 1. The molecule has 0 aliphatic carbocycles. The number of benzene rings is 3. The van der Waals surface area contributed by atoms with Crippen molar-refractivity contribution in [3.63, 3.8) is 0 Å². The van der Waals surface area contributed by atoms with Crippen LogP contribution in [0.4, 0.5) is 10.1 Å². The minimum absolute atomic E-state index is 0.0948. The third-order valence-corrected chi connectivity index (χ3v) is 5.71. The highest BCUT2D eigenvalue weighted by Crippen LogP contribution is 2.30. The number of methoxy groups -OCH3 is 2. The van der Waals surface area contributed by atoms with Gasteiger partial charge < -0.3 is 14.8 Å². The van der Waals surface area contributed by atoms with Crippen molar-refractivity contribution in [2.24, 2.45) is 0 Å². The van der Waals surface area contributed by atoms with Crippen LogP contribution in [0.3, 0.4) is 0 Å². The van der Waals surface area contributed by atoms with Gasteiger partial charge in [-0.2, -0.15) is 0 Å². The van der Waals surface area contributed by atoms with Crippen molar-refractivity contribution in [3.8, 4) is 28.6 Å². The molecule has 1 amide bonds. The molecule has 0 radical (unpaired) electrons. The van der Waals surface area contributed by atoms with E-state index in [1.807, 2.05) is 12.1 Å². The highest BCUT2D eigenvalue weighted by Gasteiger charge is 2.19. The second kappa shape index (κ2) is 10.2. The van der Waals surface area contributed by atoms with E-state index in [-0.39, 0.29) is 11.7 Å². The first-order valence-corrected chi connectivity index (χ1v) is 11.0. The Hall–Kier alpha value is -3.85. The summed E-state index contributed by atoms with van der Waals surface area (Å²) < 4.78 is 26.6. The van der Waals surface area contributed by atoms with Gasteiger partial charge in [0.25, 0.3) is 0 Å². The summed E-state index contributed by atoms with van der Waals surface area (Å²) in [7, 11) is 3.17. The Bertz CT molecular complexity index is 1240. The number of rotatable bonds is 8. The van der Waals surface area contributed by atoms with Gasteiger partial charge in [-0.25, -0.2) is 4.39 Å². The van der Waals surface area contributed by atoms with Gasteiger partial charge in [-0.1, -0.05) is 23.9 Å². The van der Waals surface area contributed by atoms with Gasteiger partial charge in [-0.15, -0.1) is 10.2 Å². The maximum absolute atomic E-state index is 14.5. The molecule has 0 fully saturated rings. The average molecular weight is 465 g/mol. The molecular weight excluding hydrogens is 443 g/mol. The standard InChI is InChI=1S/C24H21FN4O3S/c1-31-18-11-7-16(8-12-18)26-22(30)15-33-24-28-27-23(20-5-3-4-6-21(20)25)29(24)17-9-13-19(32-2)14-10-17/h3-14H,15H2,1-2H3,(H,26,30). The fraction of sp³-hybridized carbons (Fsp3) is 0.125. The lowest BCUT2D eigenvalue weighted by atomic mass is 10.2. The molecule has 0 unspecified atom stereocenters. The summed E-state index contributed by atoms with van der Waals surface area (Å²) in [6.07, 6.45) is 0. The zero-order chi connectivity index (χ0) is 23.2. The van der Waals surface area contributed by atoms with Gasteiger partial charge in [0, 0.05) is 5.69 Å². The number of hydrogen-bond acceptors (Lipinski definition) is 6. The van der Waals surface area contributed by atoms with Gasteiger partial charge in [0.1, 0.15) is 17.3 Å². The smallest absolute Gasteiger partial charge is 0.234 e. The lowest BCUT2D eigenvalue weighted by molar-refractivity contribution is -0.113. The highest BCUT2D eigenvalue weighted by atomic mass is 32.2. The average Bonchev–Trinajstić information content (AvgIpc) is 3.27. The van der Waals surface area contributed by atoms with Gasteiger partial charge >= 0.3 is 0 Å². The van der Waals surface area contributed by atoms with Crippen LogP contribution < -0.4 is 14.8 Å². The van der Waals surface area contributed by atoms with Gasteiger partial charge in [0.05, 0.1) is 31.2 Å². The number of anilines is 1. The predicted octanol–water partition coefficient (Wildman–Crippen LogP) is 4.82. The Morgan fingerprint density at radius 2 is 1.58 bits per heavy atom. The zero-order valence-corrected chi connectivity index (χ0v) is 18.8. The van der Waals surface area contributed by atoms with Gasteiger partial charge in [0.2, 0.25) is 5.91 Å². The first kappa shape index (κ1) is 22.3. The van der Waals surface area contributed by atoms with Crippen LogP contribution in [-0.2, 0) is 4.79 Å². The zero-order valence-electron chi connectivity index (χ0n) is 18.0. The third kappa shape index (κ3) is 5.15. The number of ether oxygens (including phenoxy) is 2. The van der Waals surface area contributed by atoms with E-state index in [9.17, 15) is 9.18 Å². The number of hydrogen-bond donors (Lipinski definition) is 1. The van der Waals surface area contributed by atoms with Crippen molar-refractivity contribution in [1.29, 1.82) is 0 Å². The van der Waals surface area contributed by atoms with Gasteiger partial charge in [0.15, 0.2) is 11.0 Å². The summed E-state index contributed by atoms with van der Waals surface area (Å²) in [5.41, 5.74) is 1.69. The van der Waals surface area contributed by atoms with Crippen LogP contribution in [0.2, 0.25) is 0 Å². The van der Waals surface area contributed by atoms with Crippen LogP contribution in [0.1, 0.15) is 0 Å². The number of amides is 1. The SMILES string of the molecule is COc1ccc(NC(=O)CSc2nnc(-c3ccccc3F)n2-c2ccc(OC)cc2)cc1. The Morgan fingerprint density at radius 1 is 0.939 bits per heavy atom. The minimum atomic E-state index is -0.409. The lowest BCUT2D eigenvalue weighted by Gasteiger charge is -2.12. The summed E-state index contributed by atoms with van der Waals surface area (Å²) >= 11 is 1.21. The van der Waals surface area contributed by atoms with Crippen LogP contribution in [0.25, 0.3) is 17.1 Å². The highest BCUT2D eigenvalue weighted by molar-refractivity contribution is 7.99. The second-order valence-electron chi connectivity index (χ2n) is 6.88. The van der Waals surface area contributed by atoms with E-state index in [1.54, 1.807) is 73.4 Å². The molecule has 1 N–H and O–H groups in total. The number of nitrogens with zero attached hydrogens (tertiary/aromatic N) is 3. The van der Waals surface area contributed by atoms with Crippen LogP contribution in [-0.4, -0.2) is 40.6 Å². The van der Waals surface area contributed by atoms with E-state index in [4.69, 9.17) is 9.47 Å². The minimum Gasteiger partial charge on any atom is -0.497 e. The number of nitrogens with one attached hydrogen (secondary N) is 1. The van der Waals surface area contributed by atoms with Crippen LogP contribution in [0.15, 0.2) is 78.0 Å². The first-order chi connectivity index (χ1) is 16.1. The van der Waals surface area contributed by atoms with Crippen molar-refractivity contribution >= 4 is 23.4 Å². The van der Waals surface area contributed by atoms with Crippen LogP contribution in [0.5, 0.6) is 11.5 Å². The molecule has 0 aliphatic rings. The molecule has 0 bridgehead atoms. The largest absolute Gasteiger partial charge is 0.497 e. The van der Waals surface area contributed by atoms with Gasteiger partial charge in [-0.3, -0.25) is 9.36 Å². The molecule has 7 nitrogen and oxygen atoms in total. The summed E-state index contributed by atoms with van der Waals surface area (Å²) in [6.45, 7) is 0. The molecule has 4 aromatic rings. The summed E-state index contributed by atoms with van der Waals surface area (Å²) in [6, 6.07) is 20.7. The van der Waals surface area contributed by atoms with Crippen molar-refractivity contribution in [1.82, 2.24) is 14.8 Å². The van der Waals surface area contributed by atoms with E-state index in [1.165, 1.54) is 17.8 Å². The van der Waals surface area contributed by atoms with Crippen molar-refractivity contribution in [3.05, 3.63) is 78.6 Å². The summed E-state index contributed by atoms with van der Waals surface area (Å²) in [5, 5.41) is 11.8. The monoisotopic (exact) mass is 464 g/mol. The molecule has 4 rings (SSSR count). The molecule has 9 heteroatoms. The van der Waals surface area contributed by atoms with E-state index >= 15 is 0 Å². The van der Waals surface area contributed by atoms with E-state index < -0.39 is 5.82 Å². The Morgan fingerprint density at radius 3 is 2.21 bits per heavy atom. The number of thioether (sulfide) groups is 1. The first-order valence-electron chi connectivity index (χ1n) is 10.0. The van der Waals surface area contributed by atoms with E-state index in [2.05, 4.69) is 15.5 Å². The molecule has 168 valence electrons. The molecule has 1 aromatic heterocycles. The lowest BCUT2D eigenvalue weighted by Crippen LogP contribution is -2.14. The quantitative estimate of drug-likeness (QED) is 0.377. The number of aromatic nitrogens is 3. The van der Waals surface area contributed by atoms with E-state index in [0.29, 0.717) is 33.7 Å². The molecule has 0 aliphatic heterocycles. The Kier molecular flexibility index (Phi) is 6.89. The van der Waals surface area contributed by atoms with Crippen molar-refractivity contribution < 1.29 is 18.7 Å². The molecule has 33 heavy (non-hydrogen) atoms. The van der Waals surface area contributed by atoms with Crippen molar-refractivity contribution in [2.45, 2.75) is 5.16 Å². The Labute approximate surface area is 194 Å². The van der Waals surface area contributed by atoms with Gasteiger partial charge in [-0.05, 0) is 60.7 Å². The van der Waals surface area contributed by atoms with Crippen molar-refractivity contribution in [2.75, 3.05) is 25.3 Å². The predicted molar refractivity (Wildman–Crippen MR) is 126 cm³/mol. The molecule has 0 saturated heterocycles. The number of carbonyl (C=O) groups is 1. The topological polar surface area (TPSA) is 78.3 Å². The summed E-state index contributed by atoms with van der Waals surface area (Å²) in [4.78, 5) is 12.5. The molecule has 3 aromatic carbocycles. The molecule has 1 heterocycles. The maximum atomic E-state index is 14.5.